The van der Waals surface area contributed by atoms with Crippen LogP contribution in [0, 0.1) is 0 Å². The molecule has 0 aliphatic heterocycles. The molecule has 0 aromatic heterocycles. The van der Waals surface area contributed by atoms with E-state index in [9.17, 15) is 4.79 Å². The molecular weight excluding hydrogens is 222 g/mol. The van der Waals surface area contributed by atoms with Gasteiger partial charge in [0.1, 0.15) is 0 Å². The number of hydrogen-bond acceptors (Lipinski definition) is 1. The molecule has 1 amide bonds. The summed E-state index contributed by atoms with van der Waals surface area (Å²) in [6.45, 7) is 2.42. The van der Waals surface area contributed by atoms with Crippen LogP contribution in [0.2, 0.25) is 0 Å². The number of halogens is 1. The van der Waals surface area contributed by atoms with Crippen LogP contribution in [-0.4, -0.2) is 17.8 Å². The lowest BCUT2D eigenvalue weighted by Crippen LogP contribution is -2.37. The molecule has 1 aliphatic carbocycles. The van der Waals surface area contributed by atoms with Gasteiger partial charge < -0.3 is 5.32 Å². The Morgan fingerprint density at radius 3 is 2.56 bits per heavy atom. The molecule has 3 heteroatoms. The largest absolute Gasteiger partial charge is 0.354 e. The number of nitrogens with one attached hydrogen (secondary N) is 1. The van der Waals surface area contributed by atoms with Crippen molar-refractivity contribution in [3.05, 3.63) is 35.9 Å². The lowest BCUT2D eigenvalue weighted by molar-refractivity contribution is -0.123. The Balaban J connectivity index is 2.06. The second-order valence-corrected chi connectivity index (χ2v) is 5.18. The van der Waals surface area contributed by atoms with Gasteiger partial charge in [-0.05, 0) is 25.3 Å². The molecule has 0 heterocycles. The first-order valence-electron chi connectivity index (χ1n) is 5.63. The molecule has 16 heavy (non-hydrogen) atoms. The zero-order chi connectivity index (χ0) is 11.6. The Hall–Kier alpha value is -1.02. The number of carbonyl (C=O) groups is 1. The average Bonchev–Trinajstić information content (AvgIpc) is 3.08. The van der Waals surface area contributed by atoms with Crippen molar-refractivity contribution in [3.8, 4) is 0 Å². The van der Waals surface area contributed by atoms with Crippen molar-refractivity contribution in [2.45, 2.75) is 30.6 Å². The number of amides is 1. The standard InChI is InChI=1S/C13H16ClNO/c1-10(14)9-15-12(16)13(7-8-13)11-5-3-2-4-6-11/h2-6,10H,7-9H2,1H3,(H,15,16). The summed E-state index contributed by atoms with van der Waals surface area (Å²) in [4.78, 5) is 12.1. The van der Waals surface area contributed by atoms with E-state index in [0.717, 1.165) is 18.4 Å². The van der Waals surface area contributed by atoms with Gasteiger partial charge in [-0.25, -0.2) is 0 Å². The highest BCUT2D eigenvalue weighted by Gasteiger charge is 2.50. The first kappa shape index (κ1) is 11.5. The molecule has 0 spiro atoms. The maximum absolute atomic E-state index is 12.1. The lowest BCUT2D eigenvalue weighted by atomic mass is 9.95. The number of hydrogen-bond donors (Lipinski definition) is 1. The van der Waals surface area contributed by atoms with E-state index >= 15 is 0 Å². The van der Waals surface area contributed by atoms with E-state index in [0.29, 0.717) is 6.54 Å². The first-order chi connectivity index (χ1) is 7.65. The minimum Gasteiger partial charge on any atom is -0.354 e. The van der Waals surface area contributed by atoms with Gasteiger partial charge in [-0.1, -0.05) is 30.3 Å². The predicted octanol–water partition coefficient (Wildman–Crippen LogP) is 2.46. The third kappa shape index (κ3) is 2.22. The van der Waals surface area contributed by atoms with Crippen LogP contribution in [0.3, 0.4) is 0 Å². The summed E-state index contributed by atoms with van der Waals surface area (Å²) in [7, 11) is 0. The summed E-state index contributed by atoms with van der Waals surface area (Å²) in [5, 5.41) is 2.89. The van der Waals surface area contributed by atoms with E-state index in [2.05, 4.69) is 5.32 Å². The van der Waals surface area contributed by atoms with Crippen molar-refractivity contribution in [2.75, 3.05) is 6.54 Å². The summed E-state index contributed by atoms with van der Waals surface area (Å²) in [5.74, 6) is 0.117. The Morgan fingerprint density at radius 1 is 1.44 bits per heavy atom. The highest BCUT2D eigenvalue weighted by Crippen LogP contribution is 2.48. The van der Waals surface area contributed by atoms with Gasteiger partial charge in [-0.15, -0.1) is 11.6 Å². The third-order valence-electron chi connectivity index (χ3n) is 3.05. The van der Waals surface area contributed by atoms with Crippen LogP contribution in [0.4, 0.5) is 0 Å². The van der Waals surface area contributed by atoms with Crippen molar-refractivity contribution in [1.82, 2.24) is 5.32 Å². The van der Waals surface area contributed by atoms with Gasteiger partial charge in [0.05, 0.1) is 5.41 Å². The van der Waals surface area contributed by atoms with Crippen molar-refractivity contribution in [2.24, 2.45) is 0 Å². The molecule has 1 unspecified atom stereocenters. The molecule has 0 radical (unpaired) electrons. The van der Waals surface area contributed by atoms with Crippen LogP contribution in [-0.2, 0) is 10.2 Å². The lowest BCUT2D eigenvalue weighted by Gasteiger charge is -2.16. The van der Waals surface area contributed by atoms with Crippen LogP contribution >= 0.6 is 11.6 Å². The van der Waals surface area contributed by atoms with Crippen LogP contribution in [0.15, 0.2) is 30.3 Å². The molecule has 2 rings (SSSR count). The fourth-order valence-electron chi connectivity index (χ4n) is 1.93. The van der Waals surface area contributed by atoms with Gasteiger partial charge in [0.2, 0.25) is 5.91 Å². The Kier molecular flexibility index (Phi) is 3.20. The van der Waals surface area contributed by atoms with Gasteiger partial charge in [-0.3, -0.25) is 4.79 Å². The number of rotatable bonds is 4. The summed E-state index contributed by atoms with van der Waals surface area (Å²) >= 11 is 5.82. The minimum atomic E-state index is -0.271. The number of carbonyl (C=O) groups excluding carboxylic acids is 1. The van der Waals surface area contributed by atoms with E-state index in [-0.39, 0.29) is 16.7 Å². The molecule has 1 aromatic carbocycles. The van der Waals surface area contributed by atoms with Gasteiger partial charge in [-0.2, -0.15) is 0 Å². The number of benzene rings is 1. The Bertz CT molecular complexity index is 371. The topological polar surface area (TPSA) is 29.1 Å². The molecule has 1 saturated carbocycles. The van der Waals surface area contributed by atoms with Crippen molar-refractivity contribution in [1.29, 1.82) is 0 Å². The maximum atomic E-state index is 12.1. The van der Waals surface area contributed by atoms with Crippen LogP contribution in [0.5, 0.6) is 0 Å². The predicted molar refractivity (Wildman–Crippen MR) is 65.7 cm³/mol. The highest BCUT2D eigenvalue weighted by molar-refractivity contribution is 6.20. The van der Waals surface area contributed by atoms with E-state index < -0.39 is 0 Å². The average molecular weight is 238 g/mol. The highest BCUT2D eigenvalue weighted by atomic mass is 35.5. The molecule has 1 atom stereocenters. The molecular formula is C13H16ClNO. The number of alkyl halides is 1. The first-order valence-corrected chi connectivity index (χ1v) is 6.07. The summed E-state index contributed by atoms with van der Waals surface area (Å²) in [6.07, 6.45) is 1.89. The fourth-order valence-corrected chi connectivity index (χ4v) is 2.01. The van der Waals surface area contributed by atoms with Gasteiger partial charge >= 0.3 is 0 Å². The third-order valence-corrected chi connectivity index (χ3v) is 3.21. The Morgan fingerprint density at radius 2 is 2.06 bits per heavy atom. The summed E-state index contributed by atoms with van der Waals surface area (Å²) < 4.78 is 0. The zero-order valence-corrected chi connectivity index (χ0v) is 10.1. The molecule has 1 aliphatic rings. The monoisotopic (exact) mass is 237 g/mol. The molecule has 0 bridgehead atoms. The molecule has 1 aromatic rings. The van der Waals surface area contributed by atoms with Crippen LogP contribution < -0.4 is 5.32 Å². The fraction of sp³-hybridized carbons (Fsp3) is 0.462. The van der Waals surface area contributed by atoms with E-state index in [1.165, 1.54) is 0 Å². The summed E-state index contributed by atoms with van der Waals surface area (Å²) in [6, 6.07) is 9.98. The molecule has 0 saturated heterocycles. The zero-order valence-electron chi connectivity index (χ0n) is 9.37. The maximum Gasteiger partial charge on any atom is 0.230 e. The van der Waals surface area contributed by atoms with E-state index in [1.54, 1.807) is 0 Å². The normalized spacial score (nSPS) is 18.9. The van der Waals surface area contributed by atoms with Crippen molar-refractivity contribution < 1.29 is 4.79 Å². The SMILES string of the molecule is CC(Cl)CNC(=O)C1(c2ccccc2)CC1. The summed E-state index contributed by atoms with van der Waals surface area (Å²) in [5.41, 5.74) is 0.849. The van der Waals surface area contributed by atoms with E-state index in [4.69, 9.17) is 11.6 Å². The molecule has 1 N–H and O–H groups in total. The van der Waals surface area contributed by atoms with Gasteiger partial charge in [0.15, 0.2) is 0 Å². The van der Waals surface area contributed by atoms with Crippen LogP contribution in [0.1, 0.15) is 25.3 Å². The van der Waals surface area contributed by atoms with E-state index in [1.807, 2.05) is 37.3 Å². The van der Waals surface area contributed by atoms with Crippen molar-refractivity contribution in [3.63, 3.8) is 0 Å². The second-order valence-electron chi connectivity index (χ2n) is 4.44. The Labute approximate surface area is 101 Å². The van der Waals surface area contributed by atoms with Gasteiger partial charge in [0.25, 0.3) is 0 Å². The van der Waals surface area contributed by atoms with Crippen molar-refractivity contribution >= 4 is 17.5 Å². The smallest absolute Gasteiger partial charge is 0.230 e. The molecule has 1 fully saturated rings. The van der Waals surface area contributed by atoms with Gasteiger partial charge in [0, 0.05) is 11.9 Å². The second kappa shape index (κ2) is 4.46. The molecule has 86 valence electrons. The molecule has 2 nitrogen and oxygen atoms in total. The quantitative estimate of drug-likeness (QED) is 0.801. The van der Waals surface area contributed by atoms with Crippen LogP contribution in [0.25, 0.3) is 0 Å². The minimum absolute atomic E-state index is 0.0180.